The number of nitrogens with one attached hydrogen (secondary N) is 2. The molecule has 1 aliphatic rings. The first-order valence-corrected chi connectivity index (χ1v) is 7.19. The smallest absolute Gasteiger partial charge is 0.237 e. The summed E-state index contributed by atoms with van der Waals surface area (Å²) in [4.78, 5) is 11.6. The molecule has 94 valence electrons. The van der Waals surface area contributed by atoms with Crippen molar-refractivity contribution in [3.05, 3.63) is 35.2 Å². The van der Waals surface area contributed by atoms with Crippen LogP contribution in [0.3, 0.4) is 0 Å². The van der Waals surface area contributed by atoms with E-state index in [1.807, 2.05) is 0 Å². The minimum atomic E-state index is -0.0302. The highest BCUT2D eigenvalue weighted by Crippen LogP contribution is 2.25. The predicted molar refractivity (Wildman–Crippen MR) is 74.7 cm³/mol. The number of piperidine rings is 1. The average molecular weight is 260 g/mol. The fraction of sp³-hybridized carbons (Fsp3) is 0.357. The lowest BCUT2D eigenvalue weighted by Crippen LogP contribution is -2.47. The third-order valence-corrected chi connectivity index (χ3v) is 4.40. The summed E-state index contributed by atoms with van der Waals surface area (Å²) in [6.45, 7) is 1.58. The van der Waals surface area contributed by atoms with E-state index in [1.54, 1.807) is 11.3 Å². The summed E-state index contributed by atoms with van der Waals surface area (Å²) >= 11 is 1.76. The van der Waals surface area contributed by atoms with Crippen LogP contribution in [0.25, 0.3) is 10.1 Å². The van der Waals surface area contributed by atoms with Crippen LogP contribution in [-0.2, 0) is 11.3 Å². The first kappa shape index (κ1) is 11.7. The Labute approximate surface area is 110 Å². The second kappa shape index (κ2) is 5.08. The Morgan fingerprint density at radius 3 is 3.17 bits per heavy atom. The SMILES string of the molecule is O=C1NCCCC1NCc1csc2ccccc12. The molecule has 1 fully saturated rings. The van der Waals surface area contributed by atoms with Gasteiger partial charge in [-0.1, -0.05) is 18.2 Å². The molecule has 0 bridgehead atoms. The van der Waals surface area contributed by atoms with Gasteiger partial charge in [0.1, 0.15) is 0 Å². The number of benzene rings is 1. The molecule has 3 nitrogen and oxygen atoms in total. The minimum Gasteiger partial charge on any atom is -0.355 e. The molecule has 1 aromatic carbocycles. The van der Waals surface area contributed by atoms with Crippen LogP contribution in [0, 0.1) is 0 Å². The van der Waals surface area contributed by atoms with Crippen LogP contribution >= 0.6 is 11.3 Å². The fourth-order valence-electron chi connectivity index (χ4n) is 2.37. The molecule has 18 heavy (non-hydrogen) atoms. The van der Waals surface area contributed by atoms with Crippen molar-refractivity contribution >= 4 is 27.3 Å². The van der Waals surface area contributed by atoms with E-state index in [2.05, 4.69) is 40.3 Å². The van der Waals surface area contributed by atoms with E-state index in [9.17, 15) is 4.79 Å². The molecule has 0 saturated carbocycles. The molecule has 0 radical (unpaired) electrons. The standard InChI is InChI=1S/C14H16N2OS/c17-14-12(5-3-7-15-14)16-8-10-9-18-13-6-2-1-4-11(10)13/h1-2,4,6,9,12,16H,3,5,7-8H2,(H,15,17). The number of fused-ring (bicyclic) bond motifs is 1. The number of carbonyl (C=O) groups is 1. The van der Waals surface area contributed by atoms with Crippen LogP contribution in [0.15, 0.2) is 29.6 Å². The maximum atomic E-state index is 11.6. The minimum absolute atomic E-state index is 0.0302. The molecule has 3 rings (SSSR count). The van der Waals surface area contributed by atoms with E-state index in [4.69, 9.17) is 0 Å². The molecule has 2 aromatic rings. The van der Waals surface area contributed by atoms with Gasteiger partial charge in [0.2, 0.25) is 5.91 Å². The zero-order chi connectivity index (χ0) is 12.4. The van der Waals surface area contributed by atoms with Crippen LogP contribution in [0.5, 0.6) is 0 Å². The first-order valence-electron chi connectivity index (χ1n) is 6.31. The summed E-state index contributed by atoms with van der Waals surface area (Å²) in [5, 5.41) is 9.74. The lowest BCUT2D eigenvalue weighted by atomic mass is 10.1. The number of hydrogen-bond acceptors (Lipinski definition) is 3. The Morgan fingerprint density at radius 1 is 1.39 bits per heavy atom. The van der Waals surface area contributed by atoms with Gasteiger partial charge >= 0.3 is 0 Å². The van der Waals surface area contributed by atoms with Gasteiger partial charge in [-0.2, -0.15) is 0 Å². The highest BCUT2D eigenvalue weighted by molar-refractivity contribution is 7.17. The molecule has 1 saturated heterocycles. The van der Waals surface area contributed by atoms with E-state index < -0.39 is 0 Å². The molecule has 2 N–H and O–H groups in total. The molecule has 1 atom stereocenters. The summed E-state index contributed by atoms with van der Waals surface area (Å²) in [6, 6.07) is 8.37. The molecule has 0 aliphatic carbocycles. The maximum Gasteiger partial charge on any atom is 0.237 e. The van der Waals surface area contributed by atoms with Gasteiger partial charge in [-0.05, 0) is 35.2 Å². The largest absolute Gasteiger partial charge is 0.355 e. The van der Waals surface area contributed by atoms with Crippen LogP contribution in [0.1, 0.15) is 18.4 Å². The lowest BCUT2D eigenvalue weighted by molar-refractivity contribution is -0.124. The van der Waals surface area contributed by atoms with Gasteiger partial charge in [0.15, 0.2) is 0 Å². The van der Waals surface area contributed by atoms with Gasteiger partial charge in [0.25, 0.3) is 0 Å². The number of carbonyl (C=O) groups excluding carboxylic acids is 1. The highest BCUT2D eigenvalue weighted by atomic mass is 32.1. The van der Waals surface area contributed by atoms with Crippen molar-refractivity contribution in [1.29, 1.82) is 0 Å². The van der Waals surface area contributed by atoms with Gasteiger partial charge in [0.05, 0.1) is 6.04 Å². The topological polar surface area (TPSA) is 41.1 Å². The quantitative estimate of drug-likeness (QED) is 0.889. The van der Waals surface area contributed by atoms with Crippen LogP contribution in [0.4, 0.5) is 0 Å². The van der Waals surface area contributed by atoms with Gasteiger partial charge in [-0.25, -0.2) is 0 Å². The monoisotopic (exact) mass is 260 g/mol. The van der Waals surface area contributed by atoms with E-state index >= 15 is 0 Å². The Kier molecular flexibility index (Phi) is 3.30. The third kappa shape index (κ3) is 2.26. The average Bonchev–Trinajstić information content (AvgIpc) is 2.81. The molecule has 2 heterocycles. The van der Waals surface area contributed by atoms with Crippen molar-refractivity contribution in [2.24, 2.45) is 0 Å². The molecule has 1 aliphatic heterocycles. The lowest BCUT2D eigenvalue weighted by Gasteiger charge is -2.22. The zero-order valence-electron chi connectivity index (χ0n) is 10.1. The normalized spacial score (nSPS) is 20.0. The maximum absolute atomic E-state index is 11.6. The molecule has 0 spiro atoms. The van der Waals surface area contributed by atoms with Crippen molar-refractivity contribution < 1.29 is 4.79 Å². The molecule has 4 heteroatoms. The molecule has 1 aromatic heterocycles. The Morgan fingerprint density at radius 2 is 2.28 bits per heavy atom. The van der Waals surface area contributed by atoms with E-state index in [0.717, 1.165) is 25.9 Å². The van der Waals surface area contributed by atoms with Crippen LogP contribution < -0.4 is 10.6 Å². The van der Waals surface area contributed by atoms with E-state index in [0.29, 0.717) is 0 Å². The second-order valence-corrected chi connectivity index (χ2v) is 5.54. The number of amides is 1. The van der Waals surface area contributed by atoms with Crippen molar-refractivity contribution in [2.75, 3.05) is 6.54 Å². The fourth-order valence-corrected chi connectivity index (χ4v) is 3.33. The van der Waals surface area contributed by atoms with Crippen molar-refractivity contribution in [1.82, 2.24) is 10.6 Å². The van der Waals surface area contributed by atoms with Crippen LogP contribution in [0.2, 0.25) is 0 Å². The first-order chi connectivity index (χ1) is 8.84. The van der Waals surface area contributed by atoms with Crippen molar-refractivity contribution in [3.63, 3.8) is 0 Å². The van der Waals surface area contributed by atoms with Gasteiger partial charge in [-0.15, -0.1) is 11.3 Å². The second-order valence-electron chi connectivity index (χ2n) is 4.62. The number of thiophene rings is 1. The van der Waals surface area contributed by atoms with E-state index in [-0.39, 0.29) is 11.9 Å². The number of hydrogen-bond donors (Lipinski definition) is 2. The summed E-state index contributed by atoms with van der Waals surface area (Å²) < 4.78 is 1.31. The molecule has 1 unspecified atom stereocenters. The van der Waals surface area contributed by atoms with Gasteiger partial charge < -0.3 is 10.6 Å². The molecular weight excluding hydrogens is 244 g/mol. The Bertz CT molecular complexity index is 564. The highest BCUT2D eigenvalue weighted by Gasteiger charge is 2.21. The molecule has 1 amide bonds. The third-order valence-electron chi connectivity index (χ3n) is 3.39. The molecular formula is C14H16N2OS. The number of rotatable bonds is 3. The van der Waals surface area contributed by atoms with Gasteiger partial charge in [0, 0.05) is 17.8 Å². The summed E-state index contributed by atoms with van der Waals surface area (Å²) in [7, 11) is 0. The van der Waals surface area contributed by atoms with Crippen molar-refractivity contribution in [2.45, 2.75) is 25.4 Å². The Hall–Kier alpha value is -1.39. The van der Waals surface area contributed by atoms with E-state index in [1.165, 1.54) is 15.6 Å². The summed E-state index contributed by atoms with van der Waals surface area (Å²) in [5.74, 6) is 0.140. The van der Waals surface area contributed by atoms with Crippen LogP contribution in [-0.4, -0.2) is 18.5 Å². The van der Waals surface area contributed by atoms with Crippen molar-refractivity contribution in [3.8, 4) is 0 Å². The Balaban J connectivity index is 1.71. The predicted octanol–water partition coefficient (Wildman–Crippen LogP) is 2.27. The van der Waals surface area contributed by atoms with Gasteiger partial charge in [-0.3, -0.25) is 4.79 Å². The summed E-state index contributed by atoms with van der Waals surface area (Å²) in [6.07, 6.45) is 2.00. The summed E-state index contributed by atoms with van der Waals surface area (Å²) in [5.41, 5.74) is 1.29. The zero-order valence-corrected chi connectivity index (χ0v) is 10.9.